The third-order valence-electron chi connectivity index (χ3n) is 5.72. The number of hydrogen-bond donors (Lipinski definition) is 2. The number of primary amides is 1. The quantitative estimate of drug-likeness (QED) is 0.791. The van der Waals surface area contributed by atoms with Crippen LogP contribution in [0.25, 0.3) is 11.1 Å². The first-order valence-electron chi connectivity index (χ1n) is 9.60. The number of benzene rings is 2. The summed E-state index contributed by atoms with van der Waals surface area (Å²) in [7, 11) is 0. The fraction of sp³-hybridized carbons (Fsp3) is 0.435. The van der Waals surface area contributed by atoms with E-state index in [2.05, 4.69) is 50.4 Å². The van der Waals surface area contributed by atoms with Crippen LogP contribution in [0.5, 0.6) is 0 Å². The van der Waals surface area contributed by atoms with Crippen LogP contribution >= 0.6 is 0 Å². The SMILES string of the molecule is C[C@H](NC1CCC(C)(C)CC1)c1ccc(-c2cccc(C(N)=O)c2)cc1. The molecular weight excluding hydrogens is 320 g/mol. The van der Waals surface area contributed by atoms with Gasteiger partial charge in [-0.1, -0.05) is 50.2 Å². The van der Waals surface area contributed by atoms with E-state index in [1.54, 1.807) is 6.07 Å². The van der Waals surface area contributed by atoms with E-state index in [0.29, 0.717) is 23.1 Å². The van der Waals surface area contributed by atoms with Gasteiger partial charge in [0.05, 0.1) is 0 Å². The van der Waals surface area contributed by atoms with Crippen LogP contribution in [0.2, 0.25) is 0 Å². The molecule has 0 radical (unpaired) electrons. The molecule has 3 rings (SSSR count). The first-order valence-corrected chi connectivity index (χ1v) is 9.60. The Morgan fingerprint density at radius 1 is 1.08 bits per heavy atom. The first kappa shape index (κ1) is 18.7. The molecule has 138 valence electrons. The van der Waals surface area contributed by atoms with Gasteiger partial charge in [-0.15, -0.1) is 0 Å². The van der Waals surface area contributed by atoms with Gasteiger partial charge in [-0.2, -0.15) is 0 Å². The Morgan fingerprint density at radius 2 is 1.73 bits per heavy atom. The Morgan fingerprint density at radius 3 is 2.35 bits per heavy atom. The molecule has 1 aliphatic rings. The van der Waals surface area contributed by atoms with E-state index in [0.717, 1.165) is 11.1 Å². The van der Waals surface area contributed by atoms with Crippen LogP contribution in [0, 0.1) is 5.41 Å². The summed E-state index contributed by atoms with van der Waals surface area (Å²) in [5, 5.41) is 3.79. The average molecular weight is 351 g/mol. The summed E-state index contributed by atoms with van der Waals surface area (Å²) >= 11 is 0. The maximum Gasteiger partial charge on any atom is 0.248 e. The Kier molecular flexibility index (Phi) is 5.47. The Hall–Kier alpha value is -2.13. The first-order chi connectivity index (χ1) is 12.3. The van der Waals surface area contributed by atoms with Gasteiger partial charge < -0.3 is 11.1 Å². The summed E-state index contributed by atoms with van der Waals surface area (Å²) < 4.78 is 0. The maximum absolute atomic E-state index is 11.4. The fourth-order valence-electron chi connectivity index (χ4n) is 3.83. The molecule has 1 atom stereocenters. The summed E-state index contributed by atoms with van der Waals surface area (Å²) in [6.45, 7) is 6.99. The summed E-state index contributed by atoms with van der Waals surface area (Å²) in [6.07, 6.45) is 5.11. The zero-order valence-electron chi connectivity index (χ0n) is 16.1. The predicted octanol–water partition coefficient (Wildman–Crippen LogP) is 5.07. The molecule has 1 fully saturated rings. The highest BCUT2D eigenvalue weighted by Gasteiger charge is 2.27. The molecule has 0 bridgehead atoms. The second-order valence-electron chi connectivity index (χ2n) is 8.39. The van der Waals surface area contributed by atoms with E-state index in [-0.39, 0.29) is 0 Å². The molecule has 0 heterocycles. The molecule has 1 aliphatic carbocycles. The van der Waals surface area contributed by atoms with Crippen molar-refractivity contribution in [2.45, 2.75) is 58.5 Å². The maximum atomic E-state index is 11.4. The van der Waals surface area contributed by atoms with Gasteiger partial charge in [-0.05, 0) is 66.8 Å². The van der Waals surface area contributed by atoms with Gasteiger partial charge >= 0.3 is 0 Å². The highest BCUT2D eigenvalue weighted by molar-refractivity contribution is 5.94. The van der Waals surface area contributed by atoms with E-state index >= 15 is 0 Å². The van der Waals surface area contributed by atoms with E-state index in [9.17, 15) is 4.79 Å². The summed E-state index contributed by atoms with van der Waals surface area (Å²) in [5.74, 6) is -0.392. The second-order valence-corrected chi connectivity index (χ2v) is 8.39. The molecule has 26 heavy (non-hydrogen) atoms. The van der Waals surface area contributed by atoms with Crippen LogP contribution in [-0.4, -0.2) is 11.9 Å². The highest BCUT2D eigenvalue weighted by atomic mass is 16.1. The molecule has 0 aromatic heterocycles. The van der Waals surface area contributed by atoms with Crippen molar-refractivity contribution < 1.29 is 4.79 Å². The van der Waals surface area contributed by atoms with Gasteiger partial charge in [0.2, 0.25) is 5.91 Å². The zero-order chi connectivity index (χ0) is 18.7. The number of carbonyl (C=O) groups excluding carboxylic acids is 1. The van der Waals surface area contributed by atoms with E-state index < -0.39 is 5.91 Å². The standard InChI is InChI=1S/C23H30N2O/c1-16(25-21-11-13-23(2,3)14-12-21)17-7-9-18(10-8-17)19-5-4-6-20(15-19)22(24)26/h4-10,15-16,21,25H,11-14H2,1-3H3,(H2,24,26)/t16-/m0/s1. The van der Waals surface area contributed by atoms with E-state index in [1.165, 1.54) is 31.2 Å². The summed E-state index contributed by atoms with van der Waals surface area (Å²) in [4.78, 5) is 11.4. The fourth-order valence-corrected chi connectivity index (χ4v) is 3.83. The molecule has 1 amide bonds. The van der Waals surface area contributed by atoms with E-state index in [4.69, 9.17) is 5.73 Å². The van der Waals surface area contributed by atoms with Crippen LogP contribution in [-0.2, 0) is 0 Å². The third-order valence-corrected chi connectivity index (χ3v) is 5.72. The minimum absolute atomic E-state index is 0.340. The van der Waals surface area contributed by atoms with E-state index in [1.807, 2.05) is 18.2 Å². The van der Waals surface area contributed by atoms with Crippen molar-refractivity contribution in [2.75, 3.05) is 0 Å². The highest BCUT2D eigenvalue weighted by Crippen LogP contribution is 2.35. The smallest absolute Gasteiger partial charge is 0.248 e. The lowest BCUT2D eigenvalue weighted by Gasteiger charge is -2.36. The van der Waals surface area contributed by atoms with Gasteiger partial charge in [0.25, 0.3) is 0 Å². The van der Waals surface area contributed by atoms with Crippen LogP contribution in [0.3, 0.4) is 0 Å². The number of hydrogen-bond acceptors (Lipinski definition) is 2. The minimum atomic E-state index is -0.392. The number of amides is 1. The van der Waals surface area contributed by atoms with Gasteiger partial charge in [-0.3, -0.25) is 4.79 Å². The number of rotatable bonds is 5. The number of carbonyl (C=O) groups is 1. The molecule has 3 N–H and O–H groups in total. The lowest BCUT2D eigenvalue weighted by Crippen LogP contribution is -2.36. The molecule has 0 unspecified atom stereocenters. The topological polar surface area (TPSA) is 55.1 Å². The molecule has 1 saturated carbocycles. The van der Waals surface area contributed by atoms with Crippen molar-refractivity contribution in [1.29, 1.82) is 0 Å². The normalized spacial score (nSPS) is 18.4. The van der Waals surface area contributed by atoms with Gasteiger partial charge in [0.15, 0.2) is 0 Å². The van der Waals surface area contributed by atoms with Crippen molar-refractivity contribution in [3.63, 3.8) is 0 Å². The van der Waals surface area contributed by atoms with Crippen molar-refractivity contribution >= 4 is 5.91 Å². The minimum Gasteiger partial charge on any atom is -0.366 e. The largest absolute Gasteiger partial charge is 0.366 e. The van der Waals surface area contributed by atoms with Crippen molar-refractivity contribution in [3.8, 4) is 11.1 Å². The second kappa shape index (κ2) is 7.63. The van der Waals surface area contributed by atoms with Gasteiger partial charge in [0, 0.05) is 17.6 Å². The Labute approximate surface area is 157 Å². The molecular formula is C23H30N2O. The molecule has 3 nitrogen and oxygen atoms in total. The average Bonchev–Trinajstić information content (AvgIpc) is 2.63. The lowest BCUT2D eigenvalue weighted by atomic mass is 9.75. The van der Waals surface area contributed by atoms with Crippen molar-refractivity contribution in [2.24, 2.45) is 11.1 Å². The number of nitrogens with one attached hydrogen (secondary N) is 1. The molecule has 3 heteroatoms. The predicted molar refractivity (Wildman–Crippen MR) is 108 cm³/mol. The van der Waals surface area contributed by atoms with Crippen molar-refractivity contribution in [1.82, 2.24) is 5.32 Å². The van der Waals surface area contributed by atoms with Crippen LogP contribution in [0.15, 0.2) is 48.5 Å². The lowest BCUT2D eigenvalue weighted by molar-refractivity contribution is 0.100. The molecule has 0 spiro atoms. The van der Waals surface area contributed by atoms with Crippen LogP contribution in [0.1, 0.15) is 68.4 Å². The summed E-state index contributed by atoms with van der Waals surface area (Å²) in [5.41, 5.74) is 9.84. The Bertz CT molecular complexity index is 754. The van der Waals surface area contributed by atoms with Gasteiger partial charge in [-0.25, -0.2) is 0 Å². The van der Waals surface area contributed by atoms with Crippen LogP contribution in [0.4, 0.5) is 0 Å². The zero-order valence-corrected chi connectivity index (χ0v) is 16.1. The van der Waals surface area contributed by atoms with Crippen molar-refractivity contribution in [3.05, 3.63) is 59.7 Å². The molecule has 2 aromatic carbocycles. The van der Waals surface area contributed by atoms with Crippen LogP contribution < -0.4 is 11.1 Å². The molecule has 0 saturated heterocycles. The third kappa shape index (κ3) is 4.53. The monoisotopic (exact) mass is 350 g/mol. The molecule has 0 aliphatic heterocycles. The van der Waals surface area contributed by atoms with Gasteiger partial charge in [0.1, 0.15) is 0 Å². The summed E-state index contributed by atoms with van der Waals surface area (Å²) in [6, 6.07) is 17.0. The number of nitrogens with two attached hydrogens (primary N) is 1. The molecule has 2 aromatic rings. The Balaban J connectivity index is 1.65.